The van der Waals surface area contributed by atoms with Gasteiger partial charge in [-0.1, -0.05) is 88.7 Å². The molecule has 23 heteroatoms. The third-order valence-electron chi connectivity index (χ3n) is 25.6. The molecule has 2 aromatic heterocycles. The number of carbonyl (C=O) groups is 6. The summed E-state index contributed by atoms with van der Waals surface area (Å²) in [6.45, 7) is 12.0. The molecule has 2 saturated heterocycles. The zero-order valence-corrected chi connectivity index (χ0v) is 59.5. The fourth-order valence-electron chi connectivity index (χ4n) is 21.1. The minimum Gasteiger partial charge on any atom is -0.449 e. The molecule has 0 radical (unpaired) electrons. The number of aliphatic hydroxyl groups is 2. The second kappa shape index (κ2) is 25.5. The maximum Gasteiger partial charge on any atom is 0.306 e. The lowest BCUT2D eigenvalue weighted by Crippen LogP contribution is -2.62. The van der Waals surface area contributed by atoms with Gasteiger partial charge in [0.1, 0.15) is 0 Å². The van der Waals surface area contributed by atoms with Gasteiger partial charge >= 0.3 is 11.9 Å². The SMILES string of the molecule is CCC(=O)O[C@]1(C(=O)S)CC[C@H]2[C@@H]3CCC4=Cc5c(cnn5-c5cccc(C(=O)CC6CCS(=O)(=O)C6)c5)C[C@]4(C)[C@H]3[C@@H](O)C[C@@]21C.CCC(=O)O[C@]1(C(=O)SCC#N)CC[C@H]2[C@@H]3CCC4=Cc5c(cnn5-c5cccc(C(=O)CC6CCS(=O)(=O)C6)c5)C[C@]4(C)[C@H]3[C@@H](O)C[C@@]21C. The lowest BCUT2D eigenvalue weighted by Gasteiger charge is -2.60. The van der Waals surface area contributed by atoms with Crippen LogP contribution in [0.1, 0.15) is 188 Å². The van der Waals surface area contributed by atoms with Crippen LogP contribution < -0.4 is 0 Å². The number of nitriles is 1. The number of aromatic nitrogens is 4. The molecule has 4 aromatic rings. The van der Waals surface area contributed by atoms with Crippen molar-refractivity contribution < 1.29 is 65.3 Å². The Balaban J connectivity index is 0.000000175. The molecule has 518 valence electrons. The molecule has 19 nitrogen and oxygen atoms in total. The zero-order chi connectivity index (χ0) is 69.2. The number of hydrogen-bond donors (Lipinski definition) is 3. The molecule has 8 aliphatic carbocycles. The van der Waals surface area contributed by atoms with Crippen LogP contribution >= 0.6 is 24.4 Å². The highest BCUT2D eigenvalue weighted by molar-refractivity contribution is 8.14. The van der Waals surface area contributed by atoms with Crippen LogP contribution in [0, 0.1) is 80.3 Å². The molecular formula is C74H89N5O14S4. The number of thioether (sulfide) groups is 1. The van der Waals surface area contributed by atoms with Crippen molar-refractivity contribution >= 4 is 90.0 Å². The molecule has 97 heavy (non-hydrogen) atoms. The molecule has 4 heterocycles. The van der Waals surface area contributed by atoms with Crippen molar-refractivity contribution in [1.29, 1.82) is 5.26 Å². The minimum absolute atomic E-state index is 0.0185. The first-order valence-electron chi connectivity index (χ1n) is 34.8. The Bertz CT molecular complexity index is 4270. The Morgan fingerprint density at radius 3 is 1.49 bits per heavy atom. The maximum absolute atomic E-state index is 13.8. The Hall–Kier alpha value is -6.03. The van der Waals surface area contributed by atoms with Crippen molar-refractivity contribution in [2.75, 3.05) is 28.8 Å². The van der Waals surface area contributed by atoms with Gasteiger partial charge < -0.3 is 19.7 Å². The standard InChI is InChI=1S/C38H45N3O7S2.C36H44N2O7S2/c1-4-33(44)48-38(35(45)49-14-13-39)12-10-29-28-9-8-26-18-30-25(19-36(26,2)34(28)32(43)20-37(29,38)3)21-40-41(30)27-7-5-6-24(17-27)31(42)16-23-11-15-50(46,47)22-23;1-4-31(41)45-36(33(42)46)12-10-27-26-9-8-24-16-28-23(17-34(24,2)32(26)30(40)18-35(27,36)3)19-37-38(28)25-7-5-6-22(15-25)29(39)14-21-11-13-47(43,44)20-21/h5-7,17-18,21,23,28-29,32,34,43H,4,8-12,14-16,19-20,22H2,1-3H3;5-7,15-16,19,21,26-27,30,32,40H,4,8-14,17-18,20H2,1-3H3,(H,42,46)/t23?,28-,29-,32-,34+,36-,37-,38-;21?,26-,27-,30-,32+,34-,35-,36-/m00/s1. The number of benzene rings is 2. The van der Waals surface area contributed by atoms with Crippen molar-refractivity contribution in [2.24, 2.45) is 69.0 Å². The molecule has 2 aromatic carbocycles. The Labute approximate surface area is 578 Å². The molecule has 2 N–H and O–H groups in total. The number of nitrogens with zero attached hydrogens (tertiary/aromatic N) is 5. The summed E-state index contributed by atoms with van der Waals surface area (Å²) in [4.78, 5) is 78.6. The van der Waals surface area contributed by atoms with Crippen molar-refractivity contribution in [2.45, 2.75) is 181 Å². The zero-order valence-electron chi connectivity index (χ0n) is 56.2. The Morgan fingerprint density at radius 2 is 1.08 bits per heavy atom. The highest BCUT2D eigenvalue weighted by atomic mass is 32.2. The lowest BCUT2D eigenvalue weighted by molar-refractivity contribution is -0.196. The molecule has 16 atom stereocenters. The van der Waals surface area contributed by atoms with Gasteiger partial charge in [-0.05, 0) is 196 Å². The summed E-state index contributed by atoms with van der Waals surface area (Å²) in [5, 5.41) is 42.2. The number of sulfone groups is 2. The number of thiol groups is 1. The van der Waals surface area contributed by atoms with E-state index in [1.165, 1.54) is 11.1 Å². The molecule has 0 amide bonds. The summed E-state index contributed by atoms with van der Waals surface area (Å²) in [5.74, 6) is -0.441. The van der Waals surface area contributed by atoms with Crippen molar-refractivity contribution in [3.8, 4) is 17.4 Å². The first kappa shape index (κ1) is 69.4. The number of esters is 2. The number of ether oxygens (including phenoxy) is 2. The van der Waals surface area contributed by atoms with Crippen LogP contribution in [0.3, 0.4) is 0 Å². The molecule has 14 rings (SSSR count). The van der Waals surface area contributed by atoms with Crippen LogP contribution in [-0.4, -0.2) is 133 Å². The number of Topliss-reactive ketones (excluding diaryl/α,β-unsaturated/α-hetero) is 2. The fraction of sp³-hybridized carbons (Fsp3) is 0.608. The molecule has 10 aliphatic rings. The van der Waals surface area contributed by atoms with Crippen LogP contribution in [0.25, 0.3) is 23.5 Å². The molecule has 0 spiro atoms. The number of hydrogen-bond acceptors (Lipinski definition) is 18. The second-order valence-electron chi connectivity index (χ2n) is 30.8. The molecule has 8 fully saturated rings. The number of fused-ring (bicyclic) bond motifs is 12. The minimum atomic E-state index is -3.06. The average Bonchev–Trinajstić information content (AvgIpc) is 1.65. The smallest absolute Gasteiger partial charge is 0.306 e. The summed E-state index contributed by atoms with van der Waals surface area (Å²) in [5.41, 5.74) is 4.44. The van der Waals surface area contributed by atoms with E-state index in [-0.39, 0.29) is 129 Å². The van der Waals surface area contributed by atoms with E-state index in [9.17, 15) is 61.1 Å². The highest BCUT2D eigenvalue weighted by Crippen LogP contribution is 2.71. The van der Waals surface area contributed by atoms with Gasteiger partial charge in [-0.15, -0.1) is 12.6 Å². The topological polar surface area (TPSA) is 289 Å². The molecule has 6 saturated carbocycles. The molecule has 2 aliphatic heterocycles. The number of allylic oxidation sites excluding steroid dienone is 2. The monoisotopic (exact) mass is 1400 g/mol. The van der Waals surface area contributed by atoms with E-state index in [0.29, 0.717) is 68.9 Å². The van der Waals surface area contributed by atoms with Gasteiger partial charge in [-0.2, -0.15) is 15.5 Å². The molecule has 0 bridgehead atoms. The summed E-state index contributed by atoms with van der Waals surface area (Å²) in [6.07, 6.45) is 16.4. The maximum atomic E-state index is 13.8. The fourth-order valence-corrected chi connectivity index (χ4v) is 26.0. The Morgan fingerprint density at radius 1 is 0.649 bits per heavy atom. The van der Waals surface area contributed by atoms with Gasteiger partial charge in [-0.3, -0.25) is 28.8 Å². The van der Waals surface area contributed by atoms with Crippen LogP contribution in [0.5, 0.6) is 0 Å². The van der Waals surface area contributed by atoms with Gasteiger partial charge in [-0.25, -0.2) is 26.2 Å². The van der Waals surface area contributed by atoms with E-state index in [2.05, 4.69) is 38.6 Å². The number of carbonyl (C=O) groups excluding carboxylic acids is 6. The van der Waals surface area contributed by atoms with E-state index in [1.807, 2.05) is 78.1 Å². The number of ketones is 2. The first-order chi connectivity index (χ1) is 46.0. The molecule has 2 unspecified atom stereocenters. The van der Waals surface area contributed by atoms with Crippen molar-refractivity contribution in [3.63, 3.8) is 0 Å². The van der Waals surface area contributed by atoms with E-state index in [1.54, 1.807) is 26.0 Å². The van der Waals surface area contributed by atoms with E-state index < -0.39 is 71.0 Å². The normalized spacial score (nSPS) is 35.9. The van der Waals surface area contributed by atoms with Gasteiger partial charge in [0, 0.05) is 47.6 Å². The first-order valence-corrected chi connectivity index (χ1v) is 39.9. The summed E-state index contributed by atoms with van der Waals surface area (Å²) in [6, 6.07) is 16.8. The number of rotatable bonds is 15. The quantitative estimate of drug-likeness (QED) is 0.0566. The second-order valence-corrected chi connectivity index (χ2v) is 36.6. The third kappa shape index (κ3) is 11.7. The highest BCUT2D eigenvalue weighted by Gasteiger charge is 2.72. The number of aliphatic hydroxyl groups excluding tert-OH is 2. The lowest BCUT2D eigenvalue weighted by atomic mass is 9.45. The van der Waals surface area contributed by atoms with E-state index >= 15 is 0 Å². The average molecular weight is 1400 g/mol. The predicted octanol–water partition coefficient (Wildman–Crippen LogP) is 10.7. The van der Waals surface area contributed by atoms with Gasteiger partial charge in [0.25, 0.3) is 0 Å². The van der Waals surface area contributed by atoms with Crippen LogP contribution in [0.15, 0.2) is 72.1 Å². The van der Waals surface area contributed by atoms with E-state index in [4.69, 9.17) is 19.7 Å². The van der Waals surface area contributed by atoms with E-state index in [0.717, 1.165) is 77.8 Å². The van der Waals surface area contributed by atoms with Crippen molar-refractivity contribution in [3.05, 3.63) is 106 Å². The Kier molecular flexibility index (Phi) is 18.3. The van der Waals surface area contributed by atoms with Crippen LogP contribution in [-0.2, 0) is 61.2 Å². The largest absolute Gasteiger partial charge is 0.449 e. The summed E-state index contributed by atoms with van der Waals surface area (Å²) >= 11 is 5.17. The van der Waals surface area contributed by atoms with Crippen molar-refractivity contribution in [1.82, 2.24) is 19.6 Å². The van der Waals surface area contributed by atoms with Crippen LogP contribution in [0.4, 0.5) is 0 Å². The molecular weight excluding hydrogens is 1310 g/mol. The van der Waals surface area contributed by atoms with Gasteiger partial charge in [0.05, 0.1) is 82.2 Å². The van der Waals surface area contributed by atoms with Gasteiger partial charge in [0.15, 0.2) is 42.4 Å². The van der Waals surface area contributed by atoms with Gasteiger partial charge in [0.2, 0.25) is 10.2 Å². The predicted molar refractivity (Wildman–Crippen MR) is 369 cm³/mol. The third-order valence-corrected chi connectivity index (χ3v) is 30.5. The summed E-state index contributed by atoms with van der Waals surface area (Å²) in [7, 11) is -6.11. The van der Waals surface area contributed by atoms with Crippen LogP contribution in [0.2, 0.25) is 0 Å². The summed E-state index contributed by atoms with van der Waals surface area (Å²) < 4.78 is 63.5.